The van der Waals surface area contributed by atoms with Gasteiger partial charge in [0.1, 0.15) is 11.6 Å². The van der Waals surface area contributed by atoms with Gasteiger partial charge >= 0.3 is 0 Å². The Morgan fingerprint density at radius 2 is 1.96 bits per heavy atom. The highest BCUT2D eigenvalue weighted by molar-refractivity contribution is 7.98. The van der Waals surface area contributed by atoms with Crippen LogP contribution in [0.15, 0.2) is 66.3 Å². The molecule has 28 heavy (non-hydrogen) atoms. The molecule has 0 radical (unpaired) electrons. The number of para-hydroxylation sites is 2. The minimum atomic E-state index is -0.400. The summed E-state index contributed by atoms with van der Waals surface area (Å²) in [5.74, 6) is 1.11. The van der Waals surface area contributed by atoms with Gasteiger partial charge in [-0.05, 0) is 24.3 Å². The first-order valence-electron chi connectivity index (χ1n) is 8.62. The van der Waals surface area contributed by atoms with Gasteiger partial charge in [-0.25, -0.2) is 9.37 Å². The van der Waals surface area contributed by atoms with E-state index in [9.17, 15) is 4.39 Å². The number of allylic oxidation sites excluding steroid dienone is 1. The summed E-state index contributed by atoms with van der Waals surface area (Å²) in [5.41, 5.74) is 1.01. The van der Waals surface area contributed by atoms with Gasteiger partial charge in [0.05, 0.1) is 16.0 Å². The number of hydrogen-bond donors (Lipinski definition) is 0. The fourth-order valence-electron chi connectivity index (χ4n) is 2.66. The molecule has 0 bridgehead atoms. The predicted octanol–water partition coefficient (Wildman–Crippen LogP) is 5.08. The maximum absolute atomic E-state index is 13.7. The summed E-state index contributed by atoms with van der Waals surface area (Å²) in [6, 6.07) is 14.4. The fraction of sp³-hybridized carbons (Fsp3) is 0.150. The number of halogens is 1. The Balaban J connectivity index is 1.47. The van der Waals surface area contributed by atoms with Crippen LogP contribution in [0.4, 0.5) is 4.39 Å². The van der Waals surface area contributed by atoms with Crippen LogP contribution in [0.25, 0.3) is 10.2 Å². The number of ether oxygens (including phenoxy) is 1. The van der Waals surface area contributed by atoms with Gasteiger partial charge in [0.15, 0.2) is 22.5 Å². The summed E-state index contributed by atoms with van der Waals surface area (Å²) in [7, 11) is 0. The number of thiazole rings is 1. The normalized spacial score (nSPS) is 11.0. The third kappa shape index (κ3) is 4.07. The molecule has 2 aromatic heterocycles. The summed E-state index contributed by atoms with van der Waals surface area (Å²) in [6.07, 6.45) is 1.78. The summed E-state index contributed by atoms with van der Waals surface area (Å²) in [5, 5.41) is 10.3. The second kappa shape index (κ2) is 8.53. The Kier molecular flexibility index (Phi) is 5.68. The van der Waals surface area contributed by atoms with Crippen LogP contribution >= 0.6 is 23.1 Å². The van der Waals surface area contributed by atoms with Crippen LogP contribution < -0.4 is 4.74 Å². The first-order valence-corrected chi connectivity index (χ1v) is 10.4. The van der Waals surface area contributed by atoms with E-state index in [1.54, 1.807) is 47.4 Å². The van der Waals surface area contributed by atoms with Gasteiger partial charge in [0.25, 0.3) is 0 Å². The van der Waals surface area contributed by atoms with Gasteiger partial charge in [0.2, 0.25) is 0 Å². The Labute approximate surface area is 169 Å². The molecule has 0 saturated heterocycles. The fourth-order valence-corrected chi connectivity index (χ4v) is 4.58. The lowest BCUT2D eigenvalue weighted by Gasteiger charge is -2.09. The van der Waals surface area contributed by atoms with Crippen LogP contribution in [0.1, 0.15) is 10.8 Å². The largest absolute Gasteiger partial charge is 0.483 e. The van der Waals surface area contributed by atoms with Crippen molar-refractivity contribution in [1.29, 1.82) is 0 Å². The first kappa shape index (κ1) is 18.6. The molecule has 4 aromatic rings. The van der Waals surface area contributed by atoms with Crippen molar-refractivity contribution < 1.29 is 9.13 Å². The topological polar surface area (TPSA) is 52.8 Å². The van der Waals surface area contributed by atoms with Crippen molar-refractivity contribution in [2.24, 2.45) is 0 Å². The molecule has 0 spiro atoms. The van der Waals surface area contributed by atoms with E-state index < -0.39 is 5.82 Å². The van der Waals surface area contributed by atoms with Crippen LogP contribution in [0.2, 0.25) is 0 Å². The summed E-state index contributed by atoms with van der Waals surface area (Å²) >= 11 is 3.24. The highest BCUT2D eigenvalue weighted by Crippen LogP contribution is 2.28. The van der Waals surface area contributed by atoms with Crippen molar-refractivity contribution in [2.45, 2.75) is 24.1 Å². The monoisotopic (exact) mass is 412 g/mol. The molecule has 8 heteroatoms. The summed E-state index contributed by atoms with van der Waals surface area (Å²) in [4.78, 5) is 4.65. The minimum Gasteiger partial charge on any atom is -0.483 e. The number of rotatable bonds is 8. The second-order valence-electron chi connectivity index (χ2n) is 5.88. The molecular formula is C20H17FN4OS2. The Bertz CT molecular complexity index is 1080. The number of nitrogens with zero attached hydrogens (tertiary/aromatic N) is 4. The van der Waals surface area contributed by atoms with Crippen molar-refractivity contribution in [3.05, 3.63) is 77.8 Å². The molecule has 0 aliphatic rings. The van der Waals surface area contributed by atoms with E-state index in [4.69, 9.17) is 4.74 Å². The smallest absolute Gasteiger partial charge is 0.192 e. The lowest BCUT2D eigenvalue weighted by molar-refractivity contribution is 0.275. The maximum atomic E-state index is 13.7. The Morgan fingerprint density at radius 1 is 1.14 bits per heavy atom. The third-order valence-corrected chi connectivity index (χ3v) is 6.16. The van der Waals surface area contributed by atoms with Gasteiger partial charge in [-0.1, -0.05) is 42.1 Å². The van der Waals surface area contributed by atoms with Crippen molar-refractivity contribution in [1.82, 2.24) is 19.7 Å². The predicted molar refractivity (Wildman–Crippen MR) is 110 cm³/mol. The van der Waals surface area contributed by atoms with Crippen LogP contribution in [-0.2, 0) is 18.9 Å². The first-order chi connectivity index (χ1) is 13.7. The van der Waals surface area contributed by atoms with Crippen molar-refractivity contribution >= 4 is 33.3 Å². The highest BCUT2D eigenvalue weighted by Gasteiger charge is 2.14. The standard InChI is InChI=1S/C20H17FN4OS2/c1-2-11-25-18(12-26-16-9-5-3-7-14(16)21)23-24-20(25)27-13-19-22-15-8-4-6-10-17(15)28-19/h2-10H,1,11-13H2. The molecule has 0 aliphatic heterocycles. The van der Waals surface area contributed by atoms with Crippen LogP contribution in [-0.4, -0.2) is 19.7 Å². The van der Waals surface area contributed by atoms with E-state index in [0.717, 1.165) is 15.7 Å². The highest BCUT2D eigenvalue weighted by atomic mass is 32.2. The van der Waals surface area contributed by atoms with Crippen molar-refractivity contribution in [2.75, 3.05) is 0 Å². The number of hydrogen-bond acceptors (Lipinski definition) is 6. The zero-order valence-corrected chi connectivity index (χ0v) is 16.5. The van der Waals surface area contributed by atoms with E-state index in [0.29, 0.717) is 18.1 Å². The number of thioether (sulfide) groups is 1. The molecule has 0 unspecified atom stereocenters. The van der Waals surface area contributed by atoms with E-state index in [2.05, 4.69) is 27.8 Å². The molecule has 4 rings (SSSR count). The molecule has 142 valence electrons. The second-order valence-corrected chi connectivity index (χ2v) is 7.94. The van der Waals surface area contributed by atoms with Crippen molar-refractivity contribution in [3.63, 3.8) is 0 Å². The molecule has 2 heterocycles. The van der Waals surface area contributed by atoms with E-state index in [1.807, 2.05) is 22.8 Å². The van der Waals surface area contributed by atoms with Gasteiger partial charge in [-0.3, -0.25) is 4.57 Å². The van der Waals surface area contributed by atoms with Gasteiger partial charge in [-0.2, -0.15) is 0 Å². The lowest BCUT2D eigenvalue weighted by atomic mass is 10.3. The molecule has 5 nitrogen and oxygen atoms in total. The minimum absolute atomic E-state index is 0.128. The molecular weight excluding hydrogens is 395 g/mol. The average Bonchev–Trinajstić information content (AvgIpc) is 3.29. The Morgan fingerprint density at radius 3 is 2.79 bits per heavy atom. The van der Waals surface area contributed by atoms with Gasteiger partial charge in [0, 0.05) is 6.54 Å². The maximum Gasteiger partial charge on any atom is 0.192 e. The average molecular weight is 413 g/mol. The third-order valence-electron chi connectivity index (χ3n) is 3.96. The number of aromatic nitrogens is 4. The van der Waals surface area contributed by atoms with E-state index in [1.165, 1.54) is 10.8 Å². The van der Waals surface area contributed by atoms with E-state index in [-0.39, 0.29) is 12.4 Å². The van der Waals surface area contributed by atoms with Gasteiger partial charge < -0.3 is 4.74 Å². The van der Waals surface area contributed by atoms with Crippen LogP contribution in [0, 0.1) is 5.82 Å². The molecule has 0 atom stereocenters. The lowest BCUT2D eigenvalue weighted by Crippen LogP contribution is -2.08. The zero-order valence-electron chi connectivity index (χ0n) is 14.9. The van der Waals surface area contributed by atoms with Crippen LogP contribution in [0.3, 0.4) is 0 Å². The molecule has 0 saturated carbocycles. The van der Waals surface area contributed by atoms with Crippen molar-refractivity contribution in [3.8, 4) is 5.75 Å². The summed E-state index contributed by atoms with van der Waals surface area (Å²) < 4.78 is 22.4. The molecule has 2 aromatic carbocycles. The molecule has 0 aliphatic carbocycles. The molecule has 0 fully saturated rings. The number of benzene rings is 2. The number of fused-ring (bicyclic) bond motifs is 1. The molecule has 0 N–H and O–H groups in total. The zero-order chi connectivity index (χ0) is 19.3. The Hall–Kier alpha value is -2.71. The quantitative estimate of drug-likeness (QED) is 0.298. The summed E-state index contributed by atoms with van der Waals surface area (Å²) in [6.45, 7) is 4.48. The molecule has 0 amide bonds. The van der Waals surface area contributed by atoms with Crippen LogP contribution in [0.5, 0.6) is 5.75 Å². The SMILES string of the molecule is C=CCn1c(COc2ccccc2F)nnc1SCc1nc2ccccc2s1. The van der Waals surface area contributed by atoms with E-state index >= 15 is 0 Å². The van der Waals surface area contributed by atoms with Gasteiger partial charge in [-0.15, -0.1) is 28.1 Å².